The molecule has 2 N–H and O–H groups in total. The van der Waals surface area contributed by atoms with E-state index in [0.717, 1.165) is 57.6 Å². The predicted molar refractivity (Wildman–Crippen MR) is 157 cm³/mol. The number of hydrogen-bond acceptors (Lipinski definition) is 4. The highest BCUT2D eigenvalue weighted by Crippen LogP contribution is 2.31. The largest absolute Gasteiger partial charge is 0.494 e. The summed E-state index contributed by atoms with van der Waals surface area (Å²) in [5.41, 5.74) is 4.61. The highest BCUT2D eigenvalue weighted by Gasteiger charge is 2.18. The Bertz CT molecular complexity index is 1450. The molecule has 0 bridgehead atoms. The van der Waals surface area contributed by atoms with Crippen molar-refractivity contribution in [2.45, 2.75) is 45.6 Å². The number of rotatable bonds is 15. The maximum absolute atomic E-state index is 11.7. The van der Waals surface area contributed by atoms with E-state index in [9.17, 15) is 14.7 Å². The number of fused-ring (bicyclic) bond motifs is 1. The number of carboxylic acid groups (broad SMARTS) is 2. The molecule has 7 heteroatoms. The molecule has 1 heterocycles. The fraction of sp³-hybridized carbons (Fsp3) is 0.273. The minimum absolute atomic E-state index is 0.0764. The summed E-state index contributed by atoms with van der Waals surface area (Å²) < 4.78 is 13.4. The number of unbranched alkanes of at least 4 members (excludes halogenated alkanes) is 1. The van der Waals surface area contributed by atoms with E-state index in [1.807, 2.05) is 96.4 Å². The Morgan fingerprint density at radius 2 is 1.45 bits per heavy atom. The maximum atomic E-state index is 11.7. The fourth-order valence-electron chi connectivity index (χ4n) is 4.79. The average molecular weight is 542 g/mol. The number of hydrogen-bond donors (Lipinski definition) is 2. The molecule has 0 aliphatic rings. The van der Waals surface area contributed by atoms with E-state index in [-0.39, 0.29) is 13.0 Å². The van der Waals surface area contributed by atoms with Gasteiger partial charge < -0.3 is 24.3 Å². The van der Waals surface area contributed by atoms with Crippen molar-refractivity contribution in [3.8, 4) is 11.5 Å². The first-order chi connectivity index (χ1) is 19.4. The van der Waals surface area contributed by atoms with Crippen molar-refractivity contribution >= 4 is 35.0 Å². The molecule has 0 aliphatic carbocycles. The number of benzene rings is 3. The van der Waals surface area contributed by atoms with Crippen LogP contribution in [0.25, 0.3) is 23.1 Å². The normalized spacial score (nSPS) is 11.2. The first-order valence-electron chi connectivity index (χ1n) is 13.6. The van der Waals surface area contributed by atoms with Gasteiger partial charge in [-0.3, -0.25) is 9.59 Å². The van der Waals surface area contributed by atoms with Crippen LogP contribution in [0.3, 0.4) is 0 Å². The fourth-order valence-corrected chi connectivity index (χ4v) is 4.79. The summed E-state index contributed by atoms with van der Waals surface area (Å²) in [5, 5.41) is 19.6. The molecule has 40 heavy (non-hydrogen) atoms. The Morgan fingerprint density at radius 3 is 2.10 bits per heavy atom. The number of para-hydroxylation sites is 2. The predicted octanol–water partition coefficient (Wildman–Crippen LogP) is 6.85. The monoisotopic (exact) mass is 541 g/mol. The van der Waals surface area contributed by atoms with Gasteiger partial charge in [-0.2, -0.15) is 0 Å². The molecule has 0 atom stereocenters. The van der Waals surface area contributed by atoms with E-state index < -0.39 is 11.9 Å². The first kappa shape index (κ1) is 28.5. The Labute approximate surface area is 234 Å². The van der Waals surface area contributed by atoms with Gasteiger partial charge in [0.15, 0.2) is 0 Å². The Kier molecular flexibility index (Phi) is 9.99. The van der Waals surface area contributed by atoms with Gasteiger partial charge in [-0.25, -0.2) is 0 Å². The van der Waals surface area contributed by atoms with E-state index in [4.69, 9.17) is 14.6 Å². The van der Waals surface area contributed by atoms with Crippen LogP contribution in [-0.2, 0) is 22.6 Å². The summed E-state index contributed by atoms with van der Waals surface area (Å²) >= 11 is 0. The molecule has 7 nitrogen and oxygen atoms in total. The number of carboxylic acids is 2. The van der Waals surface area contributed by atoms with Crippen molar-refractivity contribution in [3.63, 3.8) is 0 Å². The number of aromatic nitrogens is 1. The van der Waals surface area contributed by atoms with Crippen LogP contribution >= 0.6 is 0 Å². The summed E-state index contributed by atoms with van der Waals surface area (Å²) in [6.07, 6.45) is 6.94. The van der Waals surface area contributed by atoms with Crippen LogP contribution in [0.2, 0.25) is 0 Å². The van der Waals surface area contributed by atoms with Gasteiger partial charge in [0.05, 0.1) is 18.7 Å². The van der Waals surface area contributed by atoms with Crippen molar-refractivity contribution in [1.29, 1.82) is 0 Å². The molecule has 208 valence electrons. The van der Waals surface area contributed by atoms with E-state index >= 15 is 0 Å². The molecular formula is C33H35NO6. The number of aliphatic carboxylic acids is 2. The molecule has 4 rings (SSSR count). The lowest BCUT2D eigenvalue weighted by Crippen LogP contribution is -2.10. The molecule has 0 saturated heterocycles. The van der Waals surface area contributed by atoms with Crippen LogP contribution in [0.15, 0.2) is 72.8 Å². The standard InChI is InChI=1S/C33H35NO6/c1-24-29(12-8-14-31(35)36)30-13-7-9-26(33(30)34(24)23-32(37)38)18-15-25-16-19-28(20-17-25)40-22-6-5-21-39-27-10-3-2-4-11-27/h2-4,7,9-11,13,15-20H,5-6,8,12,14,21-23H2,1H3,(H,35,36)(H,37,38). The molecule has 0 spiro atoms. The molecule has 3 aromatic carbocycles. The summed E-state index contributed by atoms with van der Waals surface area (Å²) in [5.74, 6) is -0.0690. The lowest BCUT2D eigenvalue weighted by Gasteiger charge is -2.08. The van der Waals surface area contributed by atoms with Gasteiger partial charge in [0.25, 0.3) is 0 Å². The van der Waals surface area contributed by atoms with Crippen molar-refractivity contribution in [3.05, 3.63) is 95.2 Å². The summed E-state index contributed by atoms with van der Waals surface area (Å²) in [7, 11) is 0. The van der Waals surface area contributed by atoms with Gasteiger partial charge in [-0.15, -0.1) is 0 Å². The molecule has 0 aliphatic heterocycles. The van der Waals surface area contributed by atoms with Crippen LogP contribution in [0.5, 0.6) is 11.5 Å². The number of ether oxygens (including phenoxy) is 2. The van der Waals surface area contributed by atoms with Crippen molar-refractivity contribution < 1.29 is 29.3 Å². The minimum Gasteiger partial charge on any atom is -0.494 e. The van der Waals surface area contributed by atoms with Crippen molar-refractivity contribution in [2.75, 3.05) is 13.2 Å². The van der Waals surface area contributed by atoms with Crippen LogP contribution in [-0.4, -0.2) is 39.9 Å². The Balaban J connectivity index is 1.39. The molecule has 4 aromatic rings. The number of carbonyl (C=O) groups is 2. The first-order valence-corrected chi connectivity index (χ1v) is 13.6. The smallest absolute Gasteiger partial charge is 0.323 e. The Hall–Kier alpha value is -4.52. The van der Waals surface area contributed by atoms with E-state index in [1.165, 1.54) is 0 Å². The molecule has 0 saturated carbocycles. The van der Waals surface area contributed by atoms with Gasteiger partial charge in [0, 0.05) is 17.5 Å². The lowest BCUT2D eigenvalue weighted by atomic mass is 10.0. The van der Waals surface area contributed by atoms with E-state index in [1.54, 1.807) is 0 Å². The van der Waals surface area contributed by atoms with Crippen LogP contribution < -0.4 is 9.47 Å². The average Bonchev–Trinajstić information content (AvgIpc) is 3.21. The van der Waals surface area contributed by atoms with Crippen LogP contribution in [0.1, 0.15) is 48.1 Å². The minimum atomic E-state index is -0.921. The van der Waals surface area contributed by atoms with E-state index in [2.05, 4.69) is 0 Å². The third kappa shape index (κ3) is 7.76. The Morgan fingerprint density at radius 1 is 0.775 bits per heavy atom. The zero-order valence-corrected chi connectivity index (χ0v) is 22.7. The zero-order chi connectivity index (χ0) is 28.3. The molecule has 0 amide bonds. The lowest BCUT2D eigenvalue weighted by molar-refractivity contribution is -0.138. The molecular weight excluding hydrogens is 506 g/mol. The van der Waals surface area contributed by atoms with Gasteiger partial charge >= 0.3 is 11.9 Å². The van der Waals surface area contributed by atoms with Gasteiger partial charge in [0.1, 0.15) is 18.0 Å². The van der Waals surface area contributed by atoms with Gasteiger partial charge in [-0.1, -0.05) is 60.7 Å². The zero-order valence-electron chi connectivity index (χ0n) is 22.7. The molecule has 0 radical (unpaired) electrons. The summed E-state index contributed by atoms with van der Waals surface area (Å²) in [4.78, 5) is 22.7. The maximum Gasteiger partial charge on any atom is 0.323 e. The van der Waals surface area contributed by atoms with Gasteiger partial charge in [-0.05, 0) is 73.6 Å². The van der Waals surface area contributed by atoms with Crippen LogP contribution in [0.4, 0.5) is 0 Å². The molecule has 0 fully saturated rings. The molecule has 1 aromatic heterocycles. The quantitative estimate of drug-likeness (QED) is 0.126. The second-order valence-corrected chi connectivity index (χ2v) is 9.65. The second-order valence-electron chi connectivity index (χ2n) is 9.65. The van der Waals surface area contributed by atoms with Crippen LogP contribution in [0, 0.1) is 6.92 Å². The second kappa shape index (κ2) is 14.0. The summed E-state index contributed by atoms with van der Waals surface area (Å²) in [6, 6.07) is 23.5. The van der Waals surface area contributed by atoms with Crippen molar-refractivity contribution in [2.24, 2.45) is 0 Å². The highest BCUT2D eigenvalue weighted by atomic mass is 16.5. The summed E-state index contributed by atoms with van der Waals surface area (Å²) in [6.45, 7) is 3.02. The topological polar surface area (TPSA) is 98.0 Å². The third-order valence-corrected chi connectivity index (χ3v) is 6.77. The molecule has 0 unspecified atom stereocenters. The SMILES string of the molecule is Cc1c(CCCC(=O)O)c2cccc(C=Cc3ccc(OCCCCOc4ccccc4)cc3)c2n1CC(=O)O. The third-order valence-electron chi connectivity index (χ3n) is 6.77. The van der Waals surface area contributed by atoms with E-state index in [0.29, 0.717) is 26.1 Å². The number of aryl methyl sites for hydroxylation is 1. The van der Waals surface area contributed by atoms with Crippen molar-refractivity contribution in [1.82, 2.24) is 4.57 Å². The number of nitrogens with zero attached hydrogens (tertiary/aromatic N) is 1. The highest BCUT2D eigenvalue weighted by molar-refractivity contribution is 5.95. The van der Waals surface area contributed by atoms with Gasteiger partial charge in [0.2, 0.25) is 0 Å².